The Labute approximate surface area is 115 Å². The normalized spacial score (nSPS) is 12.7. The zero-order chi connectivity index (χ0) is 13.3. The monoisotopic (exact) mass is 285 g/mol. The summed E-state index contributed by atoms with van der Waals surface area (Å²) in [7, 11) is 1.60. The summed E-state index contributed by atoms with van der Waals surface area (Å²) < 4.78 is 1.81. The number of nitrogens with zero attached hydrogens (tertiary/aromatic N) is 2. The zero-order valence-corrected chi connectivity index (χ0v) is 11.6. The second-order valence-electron chi connectivity index (χ2n) is 3.98. The van der Waals surface area contributed by atoms with Crippen molar-refractivity contribution in [3.63, 3.8) is 0 Å². The first kappa shape index (κ1) is 13.2. The van der Waals surface area contributed by atoms with Crippen molar-refractivity contribution in [2.24, 2.45) is 0 Å². The number of hydrogen-bond donors (Lipinski definition) is 1. The molecule has 6 heteroatoms. The number of halogens is 2. The molecule has 0 aliphatic carbocycles. The molecule has 0 aliphatic heterocycles. The quantitative estimate of drug-likeness (QED) is 0.882. The van der Waals surface area contributed by atoms with Gasteiger partial charge in [-0.1, -0.05) is 11.6 Å². The molecule has 2 aromatic rings. The van der Waals surface area contributed by atoms with E-state index in [9.17, 15) is 4.79 Å². The maximum atomic E-state index is 11.5. The molecule has 1 atom stereocenters. The topological polar surface area (TPSA) is 46.9 Å². The molecular formula is C12H13Cl2N3O. The molecule has 0 saturated heterocycles. The summed E-state index contributed by atoms with van der Waals surface area (Å²) in [4.78, 5) is 16.0. The van der Waals surface area contributed by atoms with Crippen LogP contribution >= 0.6 is 23.2 Å². The van der Waals surface area contributed by atoms with Crippen LogP contribution in [-0.4, -0.2) is 22.5 Å². The second-order valence-corrected chi connectivity index (χ2v) is 5.07. The van der Waals surface area contributed by atoms with E-state index in [1.165, 1.54) is 0 Å². The Bertz CT molecular complexity index is 592. The Kier molecular flexibility index (Phi) is 3.78. The summed E-state index contributed by atoms with van der Waals surface area (Å²) in [6.45, 7) is 2.02. The molecule has 2 rings (SSSR count). The first-order valence-electron chi connectivity index (χ1n) is 5.53. The van der Waals surface area contributed by atoms with E-state index < -0.39 is 0 Å². The van der Waals surface area contributed by atoms with Crippen LogP contribution in [0.25, 0.3) is 11.0 Å². The molecule has 1 aromatic heterocycles. The second kappa shape index (κ2) is 5.16. The van der Waals surface area contributed by atoms with Crippen LogP contribution in [0, 0.1) is 0 Å². The minimum absolute atomic E-state index is 0.0946. The van der Waals surface area contributed by atoms with Crippen molar-refractivity contribution in [3.05, 3.63) is 29.0 Å². The van der Waals surface area contributed by atoms with Crippen LogP contribution in [0.2, 0.25) is 5.02 Å². The molecule has 1 amide bonds. The van der Waals surface area contributed by atoms with E-state index in [0.29, 0.717) is 10.8 Å². The van der Waals surface area contributed by atoms with E-state index >= 15 is 0 Å². The van der Waals surface area contributed by atoms with Gasteiger partial charge in [0.05, 0.1) is 16.4 Å². The van der Waals surface area contributed by atoms with Crippen LogP contribution < -0.4 is 5.32 Å². The van der Waals surface area contributed by atoms with Gasteiger partial charge in [0, 0.05) is 12.1 Å². The molecular weight excluding hydrogens is 273 g/mol. The number of likely N-dealkylation sites (N-methyl/N-ethyl adjacent to an activating group) is 1. The number of hydrogen-bond acceptors (Lipinski definition) is 2. The lowest BCUT2D eigenvalue weighted by Gasteiger charge is -2.09. The number of carbonyl (C=O) groups is 1. The smallest absolute Gasteiger partial charge is 0.239 e. The zero-order valence-electron chi connectivity index (χ0n) is 10.1. The third-order valence-corrected chi connectivity index (χ3v) is 3.11. The van der Waals surface area contributed by atoms with E-state index in [4.69, 9.17) is 23.2 Å². The van der Waals surface area contributed by atoms with Crippen molar-refractivity contribution in [2.75, 3.05) is 7.05 Å². The average molecular weight is 286 g/mol. The number of rotatable bonds is 3. The molecule has 0 radical (unpaired) electrons. The third-order valence-electron chi connectivity index (χ3n) is 2.68. The molecule has 1 N–H and O–H groups in total. The highest BCUT2D eigenvalue weighted by Gasteiger charge is 2.16. The number of benzene rings is 1. The fourth-order valence-electron chi connectivity index (χ4n) is 1.81. The summed E-state index contributed by atoms with van der Waals surface area (Å²) in [6.07, 6.45) is 0. The van der Waals surface area contributed by atoms with Crippen LogP contribution in [0.3, 0.4) is 0 Å². The number of amides is 1. The number of alkyl halides is 1. The molecule has 1 aromatic carbocycles. The summed E-state index contributed by atoms with van der Waals surface area (Å²) in [5.74, 6) is 0.570. The number of carbonyl (C=O) groups excluding carboxylic acids is 1. The molecule has 96 valence electrons. The van der Waals surface area contributed by atoms with Gasteiger partial charge >= 0.3 is 0 Å². The van der Waals surface area contributed by atoms with Crippen molar-refractivity contribution in [1.82, 2.24) is 14.9 Å². The van der Waals surface area contributed by atoms with Gasteiger partial charge in [0.2, 0.25) is 5.91 Å². The molecule has 1 heterocycles. The largest absolute Gasteiger partial charge is 0.358 e. The van der Waals surface area contributed by atoms with Gasteiger partial charge < -0.3 is 9.88 Å². The summed E-state index contributed by atoms with van der Waals surface area (Å²) >= 11 is 12.0. The molecule has 0 saturated carbocycles. The summed E-state index contributed by atoms with van der Waals surface area (Å²) in [5, 5.41) is 2.92. The first-order valence-corrected chi connectivity index (χ1v) is 6.34. The van der Waals surface area contributed by atoms with Gasteiger partial charge in [-0.2, -0.15) is 0 Å². The fourth-order valence-corrected chi connectivity index (χ4v) is 2.15. The van der Waals surface area contributed by atoms with Crippen molar-refractivity contribution in [2.45, 2.75) is 18.8 Å². The van der Waals surface area contributed by atoms with Gasteiger partial charge in [-0.3, -0.25) is 4.79 Å². The Morgan fingerprint density at radius 3 is 2.89 bits per heavy atom. The maximum Gasteiger partial charge on any atom is 0.239 e. The Morgan fingerprint density at radius 2 is 2.28 bits per heavy atom. The van der Waals surface area contributed by atoms with Gasteiger partial charge in [0.1, 0.15) is 12.4 Å². The minimum atomic E-state index is -0.277. The van der Waals surface area contributed by atoms with E-state index in [1.54, 1.807) is 19.2 Å². The highest BCUT2D eigenvalue weighted by Crippen LogP contribution is 2.26. The first-order chi connectivity index (χ1) is 8.52. The van der Waals surface area contributed by atoms with E-state index in [0.717, 1.165) is 11.0 Å². The fraction of sp³-hybridized carbons (Fsp3) is 0.333. The lowest BCUT2D eigenvalue weighted by atomic mass is 10.3. The van der Waals surface area contributed by atoms with Gasteiger partial charge in [0.15, 0.2) is 0 Å². The lowest BCUT2D eigenvalue weighted by molar-refractivity contribution is -0.121. The predicted octanol–water partition coefficient (Wildman–Crippen LogP) is 2.74. The number of aromatic nitrogens is 2. The Hall–Kier alpha value is -1.26. The highest BCUT2D eigenvalue weighted by atomic mass is 35.5. The Balaban J connectivity index is 2.59. The van der Waals surface area contributed by atoms with Crippen LogP contribution in [0.4, 0.5) is 0 Å². The van der Waals surface area contributed by atoms with Crippen molar-refractivity contribution in [3.8, 4) is 0 Å². The third kappa shape index (κ3) is 2.44. The molecule has 18 heavy (non-hydrogen) atoms. The highest BCUT2D eigenvalue weighted by molar-refractivity contribution is 6.31. The van der Waals surface area contributed by atoms with Crippen molar-refractivity contribution >= 4 is 40.1 Å². The van der Waals surface area contributed by atoms with Crippen LogP contribution in [-0.2, 0) is 11.3 Å². The van der Waals surface area contributed by atoms with Crippen LogP contribution in [0.5, 0.6) is 0 Å². The molecule has 0 spiro atoms. The molecule has 0 fully saturated rings. The van der Waals surface area contributed by atoms with Gasteiger partial charge in [-0.25, -0.2) is 4.98 Å². The Morgan fingerprint density at radius 1 is 1.56 bits per heavy atom. The van der Waals surface area contributed by atoms with Crippen molar-refractivity contribution < 1.29 is 4.79 Å². The van der Waals surface area contributed by atoms with Gasteiger partial charge in [0.25, 0.3) is 0 Å². The van der Waals surface area contributed by atoms with Crippen LogP contribution in [0.1, 0.15) is 18.1 Å². The molecule has 0 aliphatic rings. The summed E-state index contributed by atoms with van der Waals surface area (Å²) in [6, 6.07) is 5.38. The number of fused-ring (bicyclic) bond motifs is 1. The minimum Gasteiger partial charge on any atom is -0.358 e. The SMILES string of the molecule is CNC(=O)Cn1c(C(C)Cl)nc2cc(Cl)ccc21. The summed E-state index contributed by atoms with van der Waals surface area (Å²) in [5.41, 5.74) is 1.60. The average Bonchev–Trinajstić information content (AvgIpc) is 2.67. The van der Waals surface area contributed by atoms with Crippen molar-refractivity contribution in [1.29, 1.82) is 0 Å². The lowest BCUT2D eigenvalue weighted by Crippen LogP contribution is -2.24. The van der Waals surface area contributed by atoms with Crippen LogP contribution in [0.15, 0.2) is 18.2 Å². The number of imidazole rings is 1. The maximum absolute atomic E-state index is 11.5. The number of nitrogens with one attached hydrogen (secondary N) is 1. The van der Waals surface area contributed by atoms with Gasteiger partial charge in [-0.05, 0) is 25.1 Å². The van der Waals surface area contributed by atoms with E-state index in [1.807, 2.05) is 17.6 Å². The molecule has 1 unspecified atom stereocenters. The molecule has 0 bridgehead atoms. The molecule has 4 nitrogen and oxygen atoms in total. The van der Waals surface area contributed by atoms with Gasteiger partial charge in [-0.15, -0.1) is 11.6 Å². The predicted molar refractivity (Wildman–Crippen MR) is 73.1 cm³/mol. The van der Waals surface area contributed by atoms with E-state index in [-0.39, 0.29) is 17.8 Å². The van der Waals surface area contributed by atoms with E-state index in [2.05, 4.69) is 10.3 Å². The standard InChI is InChI=1S/C12H13Cl2N3O/c1-7(13)12-16-9-5-8(14)3-4-10(9)17(12)6-11(18)15-2/h3-5,7H,6H2,1-2H3,(H,15,18).